The third kappa shape index (κ3) is 3.14. The Morgan fingerprint density at radius 3 is 2.32 bits per heavy atom. The first-order chi connectivity index (χ1) is 12.2. The maximum atomic E-state index is 9.32. The number of benzene rings is 1. The lowest BCUT2D eigenvalue weighted by Gasteiger charge is -2.21. The van der Waals surface area contributed by atoms with Gasteiger partial charge in [0.25, 0.3) is 0 Å². The third-order valence-electron chi connectivity index (χ3n) is 4.63. The van der Waals surface area contributed by atoms with Gasteiger partial charge >= 0.3 is 0 Å². The van der Waals surface area contributed by atoms with E-state index in [2.05, 4.69) is 70.8 Å². The Bertz CT molecular complexity index is 896. The fourth-order valence-corrected chi connectivity index (χ4v) is 3.21. The van der Waals surface area contributed by atoms with Gasteiger partial charge in [-0.25, -0.2) is 0 Å². The van der Waals surface area contributed by atoms with Crippen molar-refractivity contribution >= 4 is 5.69 Å². The normalized spacial score (nSPS) is 10.5. The SMILES string of the molecule is CCN(CC)c1ccc(-c2ccc(-c3ccncc3C#N)n2C)cc1. The predicted molar refractivity (Wildman–Crippen MR) is 102 cm³/mol. The van der Waals surface area contributed by atoms with Crippen LogP contribution >= 0.6 is 0 Å². The summed E-state index contributed by atoms with van der Waals surface area (Å²) in [7, 11) is 2.03. The lowest BCUT2D eigenvalue weighted by molar-refractivity contribution is 0.866. The molecule has 3 rings (SSSR count). The highest BCUT2D eigenvalue weighted by atomic mass is 15.1. The van der Waals surface area contributed by atoms with Crippen molar-refractivity contribution in [1.29, 1.82) is 5.26 Å². The van der Waals surface area contributed by atoms with Gasteiger partial charge in [0.05, 0.1) is 5.56 Å². The number of anilines is 1. The highest BCUT2D eigenvalue weighted by molar-refractivity contribution is 5.73. The number of hydrogen-bond acceptors (Lipinski definition) is 3. The van der Waals surface area contributed by atoms with Gasteiger partial charge in [0.15, 0.2) is 0 Å². The maximum Gasteiger partial charge on any atom is 0.101 e. The van der Waals surface area contributed by atoms with Crippen LogP contribution in [-0.2, 0) is 7.05 Å². The summed E-state index contributed by atoms with van der Waals surface area (Å²) in [6, 6.07) is 16.9. The topological polar surface area (TPSA) is 44.9 Å². The van der Waals surface area contributed by atoms with Crippen molar-refractivity contribution in [1.82, 2.24) is 9.55 Å². The smallest absolute Gasteiger partial charge is 0.101 e. The Hall–Kier alpha value is -3.06. The Kier molecular flexibility index (Phi) is 4.85. The van der Waals surface area contributed by atoms with Gasteiger partial charge in [-0.3, -0.25) is 4.98 Å². The van der Waals surface area contributed by atoms with Gasteiger partial charge in [0, 0.05) is 55.2 Å². The van der Waals surface area contributed by atoms with Crippen molar-refractivity contribution in [3.05, 3.63) is 60.4 Å². The highest BCUT2D eigenvalue weighted by Crippen LogP contribution is 2.30. The van der Waals surface area contributed by atoms with Crippen LogP contribution in [-0.4, -0.2) is 22.6 Å². The molecule has 2 aromatic heterocycles. The summed E-state index contributed by atoms with van der Waals surface area (Å²) in [6.45, 7) is 6.34. The van der Waals surface area contributed by atoms with Gasteiger partial charge in [0.2, 0.25) is 0 Å². The molecule has 0 atom stereocenters. The first kappa shape index (κ1) is 16.8. The summed E-state index contributed by atoms with van der Waals surface area (Å²) in [5.41, 5.74) is 6.04. The van der Waals surface area contributed by atoms with Crippen LogP contribution in [0.4, 0.5) is 5.69 Å². The lowest BCUT2D eigenvalue weighted by atomic mass is 10.1. The maximum absolute atomic E-state index is 9.32. The molecule has 0 unspecified atom stereocenters. The molecule has 0 N–H and O–H groups in total. The molecule has 0 amide bonds. The Labute approximate surface area is 149 Å². The monoisotopic (exact) mass is 330 g/mol. The Morgan fingerprint density at radius 1 is 1.00 bits per heavy atom. The highest BCUT2D eigenvalue weighted by Gasteiger charge is 2.12. The van der Waals surface area contributed by atoms with Crippen molar-refractivity contribution in [3.63, 3.8) is 0 Å². The lowest BCUT2D eigenvalue weighted by Crippen LogP contribution is -2.21. The number of nitrogens with zero attached hydrogens (tertiary/aromatic N) is 4. The fourth-order valence-electron chi connectivity index (χ4n) is 3.21. The molecule has 0 bridgehead atoms. The van der Waals surface area contributed by atoms with Crippen molar-refractivity contribution in [2.45, 2.75) is 13.8 Å². The van der Waals surface area contributed by atoms with E-state index >= 15 is 0 Å². The zero-order valence-corrected chi connectivity index (χ0v) is 14.9. The van der Waals surface area contributed by atoms with E-state index in [4.69, 9.17) is 0 Å². The minimum absolute atomic E-state index is 0.590. The molecular weight excluding hydrogens is 308 g/mol. The molecule has 2 heterocycles. The van der Waals surface area contributed by atoms with Gasteiger partial charge in [-0.05, 0) is 49.7 Å². The molecule has 0 aliphatic rings. The molecule has 0 spiro atoms. The summed E-state index contributed by atoms with van der Waals surface area (Å²) in [5, 5.41) is 9.32. The van der Waals surface area contributed by atoms with Crippen LogP contribution in [0.2, 0.25) is 0 Å². The van der Waals surface area contributed by atoms with E-state index in [1.165, 1.54) is 5.69 Å². The minimum Gasteiger partial charge on any atom is -0.372 e. The average Bonchev–Trinajstić information content (AvgIpc) is 3.04. The molecule has 3 aromatic rings. The Balaban J connectivity index is 1.98. The van der Waals surface area contributed by atoms with Crippen LogP contribution in [0.1, 0.15) is 19.4 Å². The zero-order valence-electron chi connectivity index (χ0n) is 14.9. The average molecular weight is 330 g/mol. The third-order valence-corrected chi connectivity index (χ3v) is 4.63. The quantitative estimate of drug-likeness (QED) is 0.693. The first-order valence-corrected chi connectivity index (χ1v) is 8.55. The van der Waals surface area contributed by atoms with Crippen LogP contribution in [0.25, 0.3) is 22.5 Å². The van der Waals surface area contributed by atoms with Crippen molar-refractivity contribution < 1.29 is 0 Å². The number of aromatic nitrogens is 2. The fraction of sp³-hybridized carbons (Fsp3) is 0.238. The van der Waals surface area contributed by atoms with Gasteiger partial charge in [-0.15, -0.1) is 0 Å². The van der Waals surface area contributed by atoms with Crippen molar-refractivity contribution in [2.75, 3.05) is 18.0 Å². The minimum atomic E-state index is 0.590. The van der Waals surface area contributed by atoms with Crippen molar-refractivity contribution in [3.8, 4) is 28.6 Å². The molecule has 0 radical (unpaired) electrons. The molecule has 0 fully saturated rings. The summed E-state index contributed by atoms with van der Waals surface area (Å²) in [6.07, 6.45) is 3.34. The van der Waals surface area contributed by atoms with Gasteiger partial charge in [-0.1, -0.05) is 12.1 Å². The Morgan fingerprint density at radius 2 is 1.68 bits per heavy atom. The molecule has 1 aromatic carbocycles. The first-order valence-electron chi connectivity index (χ1n) is 8.55. The van der Waals surface area contributed by atoms with Crippen molar-refractivity contribution in [2.24, 2.45) is 7.05 Å². The van der Waals surface area contributed by atoms with Gasteiger partial charge in [-0.2, -0.15) is 5.26 Å². The number of rotatable bonds is 5. The van der Waals surface area contributed by atoms with E-state index in [0.29, 0.717) is 5.56 Å². The van der Waals surface area contributed by atoms with E-state index in [0.717, 1.165) is 35.6 Å². The standard InChI is InChI=1S/C21H22N4/c1-4-25(5-2)18-8-6-16(7-9-18)20-10-11-21(24(20)3)19-12-13-23-15-17(19)14-22/h6-13,15H,4-5H2,1-3H3. The molecule has 25 heavy (non-hydrogen) atoms. The second-order valence-electron chi connectivity index (χ2n) is 5.92. The number of nitriles is 1. The number of hydrogen-bond donors (Lipinski definition) is 0. The van der Waals surface area contributed by atoms with E-state index in [1.54, 1.807) is 12.4 Å². The largest absolute Gasteiger partial charge is 0.372 e. The molecule has 0 saturated heterocycles. The number of pyridine rings is 1. The summed E-state index contributed by atoms with van der Waals surface area (Å²) in [4.78, 5) is 6.37. The summed E-state index contributed by atoms with van der Waals surface area (Å²) in [5.74, 6) is 0. The molecule has 4 nitrogen and oxygen atoms in total. The van der Waals surface area contributed by atoms with Crippen LogP contribution < -0.4 is 4.90 Å². The van der Waals surface area contributed by atoms with Crippen LogP contribution in [0.5, 0.6) is 0 Å². The molecule has 0 aliphatic heterocycles. The molecule has 0 saturated carbocycles. The molecular formula is C21H22N4. The molecule has 4 heteroatoms. The van der Waals surface area contributed by atoms with E-state index in [-0.39, 0.29) is 0 Å². The predicted octanol–water partition coefficient (Wildman–Crippen LogP) is 4.47. The second-order valence-corrected chi connectivity index (χ2v) is 5.92. The zero-order chi connectivity index (χ0) is 17.8. The van der Waals surface area contributed by atoms with Crippen LogP contribution in [0, 0.1) is 11.3 Å². The van der Waals surface area contributed by atoms with Gasteiger partial charge < -0.3 is 9.47 Å². The second kappa shape index (κ2) is 7.23. The van der Waals surface area contributed by atoms with Crippen LogP contribution in [0.3, 0.4) is 0 Å². The summed E-state index contributed by atoms with van der Waals surface area (Å²) >= 11 is 0. The molecule has 126 valence electrons. The van der Waals surface area contributed by atoms with Gasteiger partial charge in [0.1, 0.15) is 6.07 Å². The van der Waals surface area contributed by atoms with E-state index in [9.17, 15) is 5.26 Å². The van der Waals surface area contributed by atoms with E-state index < -0.39 is 0 Å². The van der Waals surface area contributed by atoms with E-state index in [1.807, 2.05) is 13.1 Å². The molecule has 0 aliphatic carbocycles. The summed E-state index contributed by atoms with van der Waals surface area (Å²) < 4.78 is 2.13. The van der Waals surface area contributed by atoms with Crippen LogP contribution in [0.15, 0.2) is 54.9 Å².